The molecule has 2 N–H and O–H groups in total. The molecule has 0 spiro atoms. The molecule has 1 saturated heterocycles. The third kappa shape index (κ3) is 4.51. The van der Waals surface area contributed by atoms with E-state index in [0.717, 1.165) is 19.3 Å². The topological polar surface area (TPSA) is 61.4 Å². The summed E-state index contributed by atoms with van der Waals surface area (Å²) in [4.78, 5) is 0.256. The zero-order valence-corrected chi connectivity index (χ0v) is 17.5. The number of sulfonamides is 1. The summed E-state index contributed by atoms with van der Waals surface area (Å²) >= 11 is 5.20. The Hall–Kier alpha value is -2.03. The quantitative estimate of drug-likeness (QED) is 0.708. The summed E-state index contributed by atoms with van der Waals surface area (Å²) in [6, 6.07) is 12.6. The van der Waals surface area contributed by atoms with Crippen molar-refractivity contribution in [1.82, 2.24) is 4.31 Å². The molecule has 2 aromatic carbocycles. The molecule has 3 rings (SSSR count). The van der Waals surface area contributed by atoms with Crippen LogP contribution in [0, 0.1) is 5.82 Å². The van der Waals surface area contributed by atoms with Crippen molar-refractivity contribution in [1.29, 1.82) is 0 Å². The largest absolute Gasteiger partial charge is 0.332 e. The van der Waals surface area contributed by atoms with Crippen LogP contribution in [0.25, 0.3) is 0 Å². The van der Waals surface area contributed by atoms with Gasteiger partial charge in [0.1, 0.15) is 5.82 Å². The number of para-hydroxylation sites is 1. The lowest BCUT2D eigenvalue weighted by Gasteiger charge is -2.37. The standard InChI is InChI=1S/C20H24FN3O2S2/c1-14-6-5-7-15(2)24(14)28(25,26)17-12-10-16(11-13-17)22-20(27)23-19-9-4-3-8-18(19)21/h3-4,8-15H,5-7H2,1-2H3,(H2,22,23,27). The number of hydrogen-bond acceptors (Lipinski definition) is 3. The number of nitrogens with one attached hydrogen (secondary N) is 2. The Morgan fingerprint density at radius 1 is 1.04 bits per heavy atom. The number of halogens is 1. The van der Waals surface area contributed by atoms with Crippen molar-refractivity contribution in [2.45, 2.75) is 50.1 Å². The van der Waals surface area contributed by atoms with Crippen molar-refractivity contribution in [2.75, 3.05) is 10.6 Å². The molecule has 0 bridgehead atoms. The first-order valence-corrected chi connectivity index (χ1v) is 11.1. The van der Waals surface area contributed by atoms with Gasteiger partial charge in [-0.15, -0.1) is 0 Å². The van der Waals surface area contributed by atoms with Gasteiger partial charge >= 0.3 is 0 Å². The molecule has 0 saturated carbocycles. The highest BCUT2D eigenvalue weighted by atomic mass is 32.2. The Labute approximate surface area is 171 Å². The second-order valence-corrected chi connectivity index (χ2v) is 9.30. The van der Waals surface area contributed by atoms with Crippen molar-refractivity contribution < 1.29 is 12.8 Å². The van der Waals surface area contributed by atoms with E-state index >= 15 is 0 Å². The van der Waals surface area contributed by atoms with Crippen LogP contribution in [0.3, 0.4) is 0 Å². The van der Waals surface area contributed by atoms with Gasteiger partial charge in [-0.3, -0.25) is 0 Å². The van der Waals surface area contributed by atoms with Gasteiger partial charge in [-0.25, -0.2) is 12.8 Å². The maximum atomic E-state index is 13.7. The van der Waals surface area contributed by atoms with Gasteiger partial charge in [-0.1, -0.05) is 18.6 Å². The van der Waals surface area contributed by atoms with Gasteiger partial charge in [0.2, 0.25) is 10.0 Å². The smallest absolute Gasteiger partial charge is 0.243 e. The average Bonchev–Trinajstić information content (AvgIpc) is 2.64. The van der Waals surface area contributed by atoms with Crippen LogP contribution in [0.15, 0.2) is 53.4 Å². The Bertz CT molecular complexity index is 938. The highest BCUT2D eigenvalue weighted by molar-refractivity contribution is 7.89. The van der Waals surface area contributed by atoms with Gasteiger partial charge in [0, 0.05) is 17.8 Å². The molecule has 0 radical (unpaired) electrons. The number of thiocarbonyl (C=S) groups is 1. The van der Waals surface area contributed by atoms with E-state index in [-0.39, 0.29) is 27.8 Å². The summed E-state index contributed by atoms with van der Waals surface area (Å²) in [5, 5.41) is 5.95. The van der Waals surface area contributed by atoms with Crippen LogP contribution >= 0.6 is 12.2 Å². The van der Waals surface area contributed by atoms with Crippen molar-refractivity contribution in [3.05, 3.63) is 54.3 Å². The maximum absolute atomic E-state index is 13.7. The van der Waals surface area contributed by atoms with Crippen LogP contribution in [0.4, 0.5) is 15.8 Å². The van der Waals surface area contributed by atoms with Crippen molar-refractivity contribution >= 4 is 38.7 Å². The van der Waals surface area contributed by atoms with E-state index in [1.807, 2.05) is 13.8 Å². The van der Waals surface area contributed by atoms with Crippen LogP contribution in [0.1, 0.15) is 33.1 Å². The lowest BCUT2D eigenvalue weighted by atomic mass is 10.0. The molecule has 5 nitrogen and oxygen atoms in total. The summed E-state index contributed by atoms with van der Waals surface area (Å²) in [6.45, 7) is 3.91. The fourth-order valence-corrected chi connectivity index (χ4v) is 5.66. The molecule has 150 valence electrons. The molecule has 1 aliphatic heterocycles. The van der Waals surface area contributed by atoms with Crippen LogP contribution in [-0.4, -0.2) is 29.9 Å². The summed E-state index contributed by atoms with van der Waals surface area (Å²) in [7, 11) is -3.55. The summed E-state index contributed by atoms with van der Waals surface area (Å²) in [6.07, 6.45) is 2.79. The Balaban J connectivity index is 1.71. The second kappa shape index (κ2) is 8.55. The molecule has 1 heterocycles. The van der Waals surface area contributed by atoms with E-state index < -0.39 is 15.8 Å². The van der Waals surface area contributed by atoms with Gasteiger partial charge in [0.05, 0.1) is 10.6 Å². The predicted octanol–water partition coefficient (Wildman–Crippen LogP) is 4.59. The summed E-state index contributed by atoms with van der Waals surface area (Å²) < 4.78 is 41.4. The zero-order chi connectivity index (χ0) is 20.3. The lowest BCUT2D eigenvalue weighted by Crippen LogP contribution is -2.47. The SMILES string of the molecule is CC1CCCC(C)N1S(=O)(=O)c1ccc(NC(=S)Nc2ccccc2F)cc1. The normalized spacial score (nSPS) is 20.5. The van der Waals surface area contributed by atoms with E-state index in [0.29, 0.717) is 5.69 Å². The van der Waals surface area contributed by atoms with Crippen LogP contribution in [-0.2, 0) is 10.0 Å². The van der Waals surface area contributed by atoms with Crippen molar-refractivity contribution in [3.8, 4) is 0 Å². The molecule has 28 heavy (non-hydrogen) atoms. The minimum absolute atomic E-state index is 0.0101. The molecule has 2 aromatic rings. The molecule has 0 aromatic heterocycles. The first-order chi connectivity index (χ1) is 13.3. The first-order valence-electron chi connectivity index (χ1n) is 9.25. The molecule has 8 heteroatoms. The Morgan fingerprint density at radius 3 is 2.25 bits per heavy atom. The number of anilines is 2. The zero-order valence-electron chi connectivity index (χ0n) is 15.9. The fourth-order valence-electron chi connectivity index (χ4n) is 3.55. The van der Waals surface area contributed by atoms with Gasteiger partial charge in [-0.2, -0.15) is 4.31 Å². The second-order valence-electron chi connectivity index (χ2n) is 7.05. The predicted molar refractivity (Wildman–Crippen MR) is 114 cm³/mol. The number of nitrogens with zero attached hydrogens (tertiary/aromatic N) is 1. The minimum Gasteiger partial charge on any atom is -0.332 e. The van der Waals surface area contributed by atoms with Gasteiger partial charge < -0.3 is 10.6 Å². The Morgan fingerprint density at radius 2 is 1.64 bits per heavy atom. The highest BCUT2D eigenvalue weighted by Crippen LogP contribution is 2.30. The molecular weight excluding hydrogens is 397 g/mol. The monoisotopic (exact) mass is 421 g/mol. The minimum atomic E-state index is -3.55. The lowest BCUT2D eigenvalue weighted by molar-refractivity contribution is 0.204. The number of rotatable bonds is 4. The third-order valence-electron chi connectivity index (χ3n) is 4.92. The van der Waals surface area contributed by atoms with Gasteiger partial charge in [-0.05, 0) is 75.3 Å². The van der Waals surface area contributed by atoms with Gasteiger partial charge in [0.15, 0.2) is 5.11 Å². The van der Waals surface area contributed by atoms with Crippen molar-refractivity contribution in [2.24, 2.45) is 0 Å². The summed E-state index contributed by atoms with van der Waals surface area (Å²) in [5.41, 5.74) is 0.889. The molecule has 2 unspecified atom stereocenters. The first kappa shape index (κ1) is 20.7. The third-order valence-corrected chi connectivity index (χ3v) is 7.27. The fraction of sp³-hybridized carbons (Fsp3) is 0.350. The maximum Gasteiger partial charge on any atom is 0.243 e. The van der Waals surface area contributed by atoms with Gasteiger partial charge in [0.25, 0.3) is 0 Å². The van der Waals surface area contributed by atoms with E-state index in [2.05, 4.69) is 10.6 Å². The number of hydrogen-bond donors (Lipinski definition) is 2. The molecule has 0 amide bonds. The van der Waals surface area contributed by atoms with Crippen LogP contribution < -0.4 is 10.6 Å². The number of benzene rings is 2. The molecule has 0 aliphatic carbocycles. The van der Waals surface area contributed by atoms with Crippen LogP contribution in [0.5, 0.6) is 0 Å². The van der Waals surface area contributed by atoms with E-state index in [9.17, 15) is 12.8 Å². The molecule has 1 aliphatic rings. The summed E-state index contributed by atoms with van der Waals surface area (Å²) in [5.74, 6) is -0.405. The number of piperidine rings is 1. The molecular formula is C20H24FN3O2S2. The molecule has 1 fully saturated rings. The van der Waals surface area contributed by atoms with E-state index in [1.54, 1.807) is 46.8 Å². The Kier molecular flexibility index (Phi) is 6.32. The molecule has 2 atom stereocenters. The van der Waals surface area contributed by atoms with E-state index in [4.69, 9.17) is 12.2 Å². The van der Waals surface area contributed by atoms with E-state index in [1.165, 1.54) is 6.07 Å². The van der Waals surface area contributed by atoms with Crippen LogP contribution in [0.2, 0.25) is 0 Å². The highest BCUT2D eigenvalue weighted by Gasteiger charge is 2.35. The van der Waals surface area contributed by atoms with Crippen molar-refractivity contribution in [3.63, 3.8) is 0 Å². The average molecular weight is 422 g/mol.